The van der Waals surface area contributed by atoms with Gasteiger partial charge in [0.2, 0.25) is 0 Å². The Morgan fingerprint density at radius 2 is 2.06 bits per heavy atom. The van der Waals surface area contributed by atoms with Gasteiger partial charge >= 0.3 is 0 Å². The monoisotopic (exact) mass is 286 g/mol. The molecule has 98 valence electrons. The molecule has 1 aromatic carbocycles. The highest BCUT2D eigenvalue weighted by molar-refractivity contribution is 6.30. The van der Waals surface area contributed by atoms with Gasteiger partial charge in [-0.25, -0.2) is 0 Å². The van der Waals surface area contributed by atoms with Crippen LogP contribution in [0.15, 0.2) is 24.3 Å². The molecule has 2 nitrogen and oxygen atoms in total. The molecule has 0 aliphatic rings. The summed E-state index contributed by atoms with van der Waals surface area (Å²) in [5.74, 6) is 0. The molecule has 0 unspecified atom stereocenters. The Kier molecular flexibility index (Phi) is 2.62. The summed E-state index contributed by atoms with van der Waals surface area (Å²) in [6.45, 7) is -8.84. The van der Waals surface area contributed by atoms with Crippen molar-refractivity contribution in [3.05, 3.63) is 34.9 Å². The minimum absolute atomic E-state index is 0. The van der Waals surface area contributed by atoms with Gasteiger partial charge in [-0.3, -0.25) is 0 Å². The Bertz CT molecular complexity index is 564. The molecular formula is C13H21Cl2NO. The van der Waals surface area contributed by atoms with Crippen LogP contribution in [0.3, 0.4) is 0 Å². The van der Waals surface area contributed by atoms with Gasteiger partial charge in [-0.2, -0.15) is 0 Å². The highest BCUT2D eigenvalue weighted by atomic mass is 35.5. The van der Waals surface area contributed by atoms with Crippen molar-refractivity contribution in [2.24, 2.45) is 0 Å². The smallest absolute Gasteiger partial charge is 0.0940 e. The molecule has 0 aliphatic carbocycles. The molecule has 0 fully saturated rings. The van der Waals surface area contributed by atoms with E-state index >= 15 is 0 Å². The number of hydrogen-bond donors (Lipinski definition) is 2. The largest absolute Gasteiger partial charge is 0.387 e. The van der Waals surface area contributed by atoms with E-state index in [1.807, 2.05) is 0 Å². The normalized spacial score (nSPS) is 25.0. The summed E-state index contributed by atoms with van der Waals surface area (Å²) < 4.78 is 68.1. The summed E-state index contributed by atoms with van der Waals surface area (Å²) in [5.41, 5.74) is -2.91. The standard InChI is InChI=1S/C13H20ClNO.ClH/c1-9(15-13(2,3)4)12(16)10-6-5-7-11(14)8-10;/h5-9,12,15-16H,1-4H3;1H/t9-,12-;/m1./s1/i2D3,3D3,4D3;. The molecule has 4 heteroatoms. The van der Waals surface area contributed by atoms with Crippen molar-refractivity contribution in [2.45, 2.75) is 45.2 Å². The lowest BCUT2D eigenvalue weighted by atomic mass is 10.00. The van der Waals surface area contributed by atoms with E-state index in [9.17, 15) is 5.11 Å². The second-order valence-electron chi connectivity index (χ2n) is 3.68. The minimum Gasteiger partial charge on any atom is -0.387 e. The van der Waals surface area contributed by atoms with Crippen molar-refractivity contribution in [1.29, 1.82) is 0 Å². The van der Waals surface area contributed by atoms with Gasteiger partial charge in [0.25, 0.3) is 0 Å². The van der Waals surface area contributed by atoms with Crippen LogP contribution in [0.25, 0.3) is 0 Å². The van der Waals surface area contributed by atoms with E-state index in [-0.39, 0.29) is 12.4 Å². The van der Waals surface area contributed by atoms with Crippen LogP contribution in [-0.2, 0) is 0 Å². The zero-order chi connectivity index (χ0) is 19.8. The van der Waals surface area contributed by atoms with E-state index in [1.54, 1.807) is 12.1 Å². The minimum atomic E-state index is -3.38. The maximum absolute atomic E-state index is 10.4. The van der Waals surface area contributed by atoms with E-state index < -0.39 is 38.2 Å². The third-order valence-corrected chi connectivity index (χ3v) is 2.34. The molecule has 0 saturated carbocycles. The molecule has 2 atom stereocenters. The average molecular weight is 287 g/mol. The first-order valence-corrected chi connectivity index (χ1v) is 5.13. The molecule has 0 spiro atoms. The number of aliphatic hydroxyl groups is 1. The zero-order valence-corrected chi connectivity index (χ0v) is 10.8. The molecule has 0 bridgehead atoms. The van der Waals surface area contributed by atoms with E-state index in [0.29, 0.717) is 10.6 Å². The lowest BCUT2D eigenvalue weighted by molar-refractivity contribution is 0.121. The van der Waals surface area contributed by atoms with E-state index in [2.05, 4.69) is 5.32 Å². The van der Waals surface area contributed by atoms with E-state index in [4.69, 9.17) is 23.9 Å². The number of aliphatic hydroxyl groups excluding tert-OH is 1. The van der Waals surface area contributed by atoms with E-state index in [0.717, 1.165) is 0 Å². The van der Waals surface area contributed by atoms with Crippen LogP contribution in [0.5, 0.6) is 0 Å². The number of hydrogen-bond acceptors (Lipinski definition) is 2. The van der Waals surface area contributed by atoms with Crippen molar-refractivity contribution in [3.8, 4) is 0 Å². The fraction of sp³-hybridized carbons (Fsp3) is 0.538. The summed E-state index contributed by atoms with van der Waals surface area (Å²) in [6, 6.07) is 4.86. The first-order valence-electron chi connectivity index (χ1n) is 9.26. The van der Waals surface area contributed by atoms with Crippen molar-refractivity contribution in [3.63, 3.8) is 0 Å². The Balaban J connectivity index is 0.00000625. The van der Waals surface area contributed by atoms with Crippen LogP contribution < -0.4 is 5.32 Å². The number of halogens is 2. The fourth-order valence-electron chi connectivity index (χ4n) is 1.40. The molecule has 0 heterocycles. The van der Waals surface area contributed by atoms with Crippen LogP contribution >= 0.6 is 24.0 Å². The SMILES string of the molecule is Cl.[2H]C([2H])([2H])C(N[C@H](C)[C@@H](O)c1cccc(Cl)c1)(C([2H])([2H])[2H])C([2H])([2H])[2H]. The second kappa shape index (κ2) is 6.60. The van der Waals surface area contributed by atoms with E-state index in [1.165, 1.54) is 19.1 Å². The number of nitrogens with one attached hydrogen (secondary N) is 1. The Hall–Kier alpha value is -0.280. The van der Waals surface area contributed by atoms with Gasteiger partial charge in [-0.1, -0.05) is 23.7 Å². The van der Waals surface area contributed by atoms with Gasteiger partial charge in [0.15, 0.2) is 0 Å². The highest BCUT2D eigenvalue weighted by Gasteiger charge is 2.21. The second-order valence-corrected chi connectivity index (χ2v) is 4.12. The van der Waals surface area contributed by atoms with Crippen LogP contribution in [0.1, 0.15) is 51.5 Å². The lowest BCUT2D eigenvalue weighted by Crippen LogP contribution is -2.44. The van der Waals surface area contributed by atoms with Gasteiger partial charge in [-0.05, 0) is 45.2 Å². The first kappa shape index (κ1) is 6.76. The lowest BCUT2D eigenvalue weighted by Gasteiger charge is -2.29. The first-order chi connectivity index (χ1) is 11.0. The molecule has 1 aromatic rings. The summed E-state index contributed by atoms with van der Waals surface area (Å²) >= 11 is 5.84. The van der Waals surface area contributed by atoms with Crippen molar-refractivity contribution < 1.29 is 17.4 Å². The predicted octanol–water partition coefficient (Wildman–Crippen LogP) is 3.57. The highest BCUT2D eigenvalue weighted by Crippen LogP contribution is 2.21. The third-order valence-electron chi connectivity index (χ3n) is 2.11. The summed E-state index contributed by atoms with van der Waals surface area (Å²) in [6.07, 6.45) is -1.37. The zero-order valence-electron chi connectivity index (χ0n) is 18.2. The quantitative estimate of drug-likeness (QED) is 0.890. The molecule has 0 radical (unpaired) electrons. The Morgan fingerprint density at radius 3 is 2.59 bits per heavy atom. The summed E-state index contributed by atoms with van der Waals surface area (Å²) in [5, 5.41) is 12.9. The maximum atomic E-state index is 10.4. The van der Waals surface area contributed by atoms with Crippen molar-refractivity contribution >= 4 is 24.0 Å². The molecule has 0 saturated heterocycles. The van der Waals surface area contributed by atoms with Gasteiger partial charge in [0, 0.05) is 28.9 Å². The summed E-state index contributed by atoms with van der Waals surface area (Å²) in [7, 11) is 0. The van der Waals surface area contributed by atoms with Crippen LogP contribution in [0.2, 0.25) is 5.02 Å². The van der Waals surface area contributed by atoms with Gasteiger partial charge in [0.1, 0.15) is 0 Å². The molecule has 0 aromatic heterocycles. The van der Waals surface area contributed by atoms with Crippen LogP contribution in [0, 0.1) is 0 Å². The average Bonchev–Trinajstić information content (AvgIpc) is 2.39. The number of benzene rings is 1. The van der Waals surface area contributed by atoms with Gasteiger partial charge in [-0.15, -0.1) is 12.4 Å². The Morgan fingerprint density at radius 1 is 1.41 bits per heavy atom. The predicted molar refractivity (Wildman–Crippen MR) is 76.0 cm³/mol. The molecule has 0 aliphatic heterocycles. The summed E-state index contributed by atoms with van der Waals surface area (Å²) in [4.78, 5) is 0. The Labute approximate surface area is 127 Å². The van der Waals surface area contributed by atoms with Crippen molar-refractivity contribution in [1.82, 2.24) is 5.32 Å². The topological polar surface area (TPSA) is 32.3 Å². The molecule has 1 rings (SSSR count). The molecule has 2 N–H and O–H groups in total. The van der Waals surface area contributed by atoms with Gasteiger partial charge in [0.05, 0.1) is 6.10 Å². The fourth-order valence-corrected chi connectivity index (χ4v) is 1.60. The molecule has 17 heavy (non-hydrogen) atoms. The van der Waals surface area contributed by atoms with Gasteiger partial charge < -0.3 is 10.4 Å². The molecule has 0 amide bonds. The van der Waals surface area contributed by atoms with Crippen LogP contribution in [-0.4, -0.2) is 16.7 Å². The number of rotatable bonds is 3. The van der Waals surface area contributed by atoms with Crippen LogP contribution in [0.4, 0.5) is 0 Å². The molecular weight excluding hydrogens is 257 g/mol. The van der Waals surface area contributed by atoms with Crippen molar-refractivity contribution in [2.75, 3.05) is 0 Å². The third kappa shape index (κ3) is 5.73. The maximum Gasteiger partial charge on any atom is 0.0940 e.